The van der Waals surface area contributed by atoms with E-state index >= 15 is 0 Å². The summed E-state index contributed by atoms with van der Waals surface area (Å²) in [6.07, 6.45) is 0. The molecule has 0 aliphatic rings. The van der Waals surface area contributed by atoms with E-state index in [1.165, 1.54) is 0 Å². The van der Waals surface area contributed by atoms with Crippen LogP contribution in [-0.4, -0.2) is 10.2 Å². The van der Waals surface area contributed by atoms with Gasteiger partial charge in [-0.15, -0.1) is 0 Å². The molecule has 0 atom stereocenters. The number of aromatic hydroxyl groups is 2. The van der Waals surface area contributed by atoms with Crippen molar-refractivity contribution in [2.75, 3.05) is 0 Å². The molecule has 2 aromatic carbocycles. The van der Waals surface area contributed by atoms with Crippen LogP contribution in [0.3, 0.4) is 0 Å². The minimum Gasteiger partial charge on any atom is -0.508 e. The lowest BCUT2D eigenvalue weighted by Crippen LogP contribution is -1.87. The minimum atomic E-state index is 0.203. The molecule has 2 aromatic rings. The van der Waals surface area contributed by atoms with E-state index in [4.69, 9.17) is 9.84 Å². The number of ether oxygens (including phenoxy) is 1. The average molecular weight is 342 g/mol. The molecule has 0 radical (unpaired) electrons. The molecule has 0 fully saturated rings. The van der Waals surface area contributed by atoms with Gasteiger partial charge in [0.1, 0.15) is 23.0 Å². The lowest BCUT2D eigenvalue weighted by Gasteiger charge is -2.09. The molecular weight excluding hydrogens is 331 g/mol. The van der Waals surface area contributed by atoms with Crippen LogP contribution in [0.25, 0.3) is 0 Å². The van der Waals surface area contributed by atoms with Gasteiger partial charge in [-0.3, -0.25) is 0 Å². The summed E-state index contributed by atoms with van der Waals surface area (Å²) in [6.45, 7) is 1.82. The molecular formula is C13H11IO3. The maximum absolute atomic E-state index is 9.64. The Morgan fingerprint density at radius 3 is 2.24 bits per heavy atom. The Hall–Kier alpha value is -1.43. The first-order chi connectivity index (χ1) is 8.06. The number of phenols is 2. The SMILES string of the molecule is Cc1cc(Oc2ccc(O)cc2)cc(I)c1O. The van der Waals surface area contributed by atoms with E-state index in [0.29, 0.717) is 11.5 Å². The van der Waals surface area contributed by atoms with Crippen LogP contribution < -0.4 is 4.74 Å². The van der Waals surface area contributed by atoms with Crippen molar-refractivity contribution in [3.63, 3.8) is 0 Å². The van der Waals surface area contributed by atoms with Gasteiger partial charge in [0.15, 0.2) is 0 Å². The quantitative estimate of drug-likeness (QED) is 0.817. The average Bonchev–Trinajstić information content (AvgIpc) is 2.29. The summed E-state index contributed by atoms with van der Waals surface area (Å²) in [5.74, 6) is 1.79. The van der Waals surface area contributed by atoms with E-state index in [1.54, 1.807) is 36.4 Å². The van der Waals surface area contributed by atoms with E-state index in [9.17, 15) is 5.11 Å². The second kappa shape index (κ2) is 4.83. The zero-order valence-electron chi connectivity index (χ0n) is 9.14. The Labute approximate surface area is 113 Å². The molecule has 0 saturated heterocycles. The largest absolute Gasteiger partial charge is 0.508 e. The zero-order valence-corrected chi connectivity index (χ0v) is 11.3. The Bertz CT molecular complexity index is 512. The monoisotopic (exact) mass is 342 g/mol. The molecule has 0 heterocycles. The Morgan fingerprint density at radius 2 is 1.65 bits per heavy atom. The molecule has 88 valence electrons. The number of phenolic OH excluding ortho intramolecular Hbond substituents is 2. The fraction of sp³-hybridized carbons (Fsp3) is 0.0769. The van der Waals surface area contributed by atoms with E-state index < -0.39 is 0 Å². The number of halogens is 1. The molecule has 0 amide bonds. The molecule has 17 heavy (non-hydrogen) atoms. The van der Waals surface area contributed by atoms with Crippen molar-refractivity contribution >= 4 is 22.6 Å². The highest BCUT2D eigenvalue weighted by atomic mass is 127. The summed E-state index contributed by atoms with van der Waals surface area (Å²) >= 11 is 2.05. The lowest BCUT2D eigenvalue weighted by molar-refractivity contribution is 0.454. The highest BCUT2D eigenvalue weighted by Gasteiger charge is 2.06. The van der Waals surface area contributed by atoms with Crippen LogP contribution in [0.4, 0.5) is 0 Å². The van der Waals surface area contributed by atoms with E-state index in [1.807, 2.05) is 6.92 Å². The second-order valence-electron chi connectivity index (χ2n) is 3.67. The van der Waals surface area contributed by atoms with Gasteiger partial charge >= 0.3 is 0 Å². The third-order valence-electron chi connectivity index (χ3n) is 2.30. The van der Waals surface area contributed by atoms with Crippen LogP contribution in [0.15, 0.2) is 36.4 Å². The van der Waals surface area contributed by atoms with Crippen molar-refractivity contribution in [2.24, 2.45) is 0 Å². The molecule has 0 unspecified atom stereocenters. The predicted octanol–water partition coefficient (Wildman–Crippen LogP) is 3.80. The van der Waals surface area contributed by atoms with Crippen molar-refractivity contribution in [2.45, 2.75) is 6.92 Å². The third-order valence-corrected chi connectivity index (χ3v) is 3.12. The number of aryl methyl sites for hydroxylation is 1. The van der Waals surface area contributed by atoms with E-state index in [0.717, 1.165) is 9.13 Å². The zero-order chi connectivity index (χ0) is 12.4. The normalized spacial score (nSPS) is 10.2. The molecule has 0 bridgehead atoms. The standard InChI is InChI=1S/C13H11IO3/c1-8-6-11(7-12(14)13(8)16)17-10-4-2-9(15)3-5-10/h2-7,15-16H,1H3. The Kier molecular flexibility index (Phi) is 3.42. The highest BCUT2D eigenvalue weighted by Crippen LogP contribution is 2.31. The maximum atomic E-state index is 9.64. The van der Waals surface area contributed by atoms with Gasteiger partial charge in [-0.05, 0) is 71.5 Å². The fourth-order valence-corrected chi connectivity index (χ4v) is 2.15. The van der Waals surface area contributed by atoms with Crippen LogP contribution in [0, 0.1) is 10.5 Å². The molecule has 2 rings (SSSR count). The smallest absolute Gasteiger partial charge is 0.132 e. The van der Waals surface area contributed by atoms with Gasteiger partial charge in [0.05, 0.1) is 3.57 Å². The summed E-state index contributed by atoms with van der Waals surface area (Å²) < 4.78 is 6.37. The van der Waals surface area contributed by atoms with Crippen molar-refractivity contribution in [1.29, 1.82) is 0 Å². The molecule has 4 heteroatoms. The first-order valence-corrected chi connectivity index (χ1v) is 6.10. The summed E-state index contributed by atoms with van der Waals surface area (Å²) in [6, 6.07) is 10.0. The topological polar surface area (TPSA) is 49.7 Å². The van der Waals surface area contributed by atoms with Gasteiger partial charge in [0.25, 0.3) is 0 Å². The van der Waals surface area contributed by atoms with Gasteiger partial charge in [0, 0.05) is 0 Å². The van der Waals surface area contributed by atoms with Gasteiger partial charge < -0.3 is 14.9 Å². The van der Waals surface area contributed by atoms with Crippen molar-refractivity contribution in [3.8, 4) is 23.0 Å². The van der Waals surface area contributed by atoms with Crippen molar-refractivity contribution in [1.82, 2.24) is 0 Å². The van der Waals surface area contributed by atoms with Gasteiger partial charge in [-0.2, -0.15) is 0 Å². The number of hydrogen-bond donors (Lipinski definition) is 2. The van der Waals surface area contributed by atoms with Crippen molar-refractivity contribution < 1.29 is 14.9 Å². The van der Waals surface area contributed by atoms with Gasteiger partial charge in [-0.1, -0.05) is 0 Å². The minimum absolute atomic E-state index is 0.203. The summed E-state index contributed by atoms with van der Waals surface area (Å²) in [4.78, 5) is 0. The van der Waals surface area contributed by atoms with Crippen LogP contribution in [0.1, 0.15) is 5.56 Å². The van der Waals surface area contributed by atoms with Crippen LogP contribution in [0.5, 0.6) is 23.0 Å². The van der Waals surface area contributed by atoms with Crippen molar-refractivity contribution in [3.05, 3.63) is 45.5 Å². The molecule has 0 aliphatic heterocycles. The predicted molar refractivity (Wildman–Crippen MR) is 73.7 cm³/mol. The van der Waals surface area contributed by atoms with Crippen LogP contribution in [-0.2, 0) is 0 Å². The number of benzene rings is 2. The number of hydrogen-bond acceptors (Lipinski definition) is 3. The maximum Gasteiger partial charge on any atom is 0.132 e. The summed E-state index contributed by atoms with van der Waals surface area (Å²) in [7, 11) is 0. The summed E-state index contributed by atoms with van der Waals surface area (Å²) in [5, 5.41) is 18.8. The molecule has 2 N–H and O–H groups in total. The lowest BCUT2D eigenvalue weighted by atomic mass is 10.2. The fourth-order valence-electron chi connectivity index (χ4n) is 1.41. The first-order valence-electron chi connectivity index (χ1n) is 5.02. The summed E-state index contributed by atoms with van der Waals surface area (Å²) in [5.41, 5.74) is 0.769. The number of rotatable bonds is 2. The Balaban J connectivity index is 2.27. The Morgan fingerprint density at radius 1 is 1.00 bits per heavy atom. The van der Waals surface area contributed by atoms with Gasteiger partial charge in [0.2, 0.25) is 0 Å². The van der Waals surface area contributed by atoms with Crippen LogP contribution in [0.2, 0.25) is 0 Å². The molecule has 0 aliphatic carbocycles. The van der Waals surface area contributed by atoms with Crippen LogP contribution >= 0.6 is 22.6 Å². The van der Waals surface area contributed by atoms with E-state index in [-0.39, 0.29) is 11.5 Å². The first kappa shape index (κ1) is 12.0. The highest BCUT2D eigenvalue weighted by molar-refractivity contribution is 14.1. The molecule has 0 aromatic heterocycles. The van der Waals surface area contributed by atoms with Gasteiger partial charge in [-0.25, -0.2) is 0 Å². The third kappa shape index (κ3) is 2.82. The molecule has 0 saturated carbocycles. The molecule has 0 spiro atoms. The second-order valence-corrected chi connectivity index (χ2v) is 4.83. The molecule has 3 nitrogen and oxygen atoms in total. The van der Waals surface area contributed by atoms with E-state index in [2.05, 4.69) is 22.6 Å².